The van der Waals surface area contributed by atoms with E-state index in [1.54, 1.807) is 11.1 Å². The molecule has 1 fully saturated rings. The van der Waals surface area contributed by atoms with E-state index >= 15 is 0 Å². The molecular formula is C28H21N. The third-order valence-corrected chi connectivity index (χ3v) is 7.18. The van der Waals surface area contributed by atoms with Crippen LogP contribution in [0.4, 0.5) is 0 Å². The second kappa shape index (κ2) is 5.67. The lowest BCUT2D eigenvalue weighted by Crippen LogP contribution is -2.04. The molecule has 1 saturated carbocycles. The fourth-order valence-electron chi connectivity index (χ4n) is 5.92. The van der Waals surface area contributed by atoms with Gasteiger partial charge in [-0.3, -0.25) is 0 Å². The highest BCUT2D eigenvalue weighted by molar-refractivity contribution is 6.05. The van der Waals surface area contributed by atoms with Crippen LogP contribution in [-0.4, -0.2) is 4.98 Å². The minimum atomic E-state index is 0.689. The standard InChI is InChI=1S/C28H21N/c1-2-6-17(7-3-1)28-27-21-11-10-20(14-21)26(27)24-15-22-12-18-8-4-5-9-19(18)13-23(22)16-25(24)29-28/h1-9,12-13,15-16,20-21H,10-11,14H2. The van der Waals surface area contributed by atoms with Crippen molar-refractivity contribution in [3.05, 3.63) is 90.0 Å². The average molecular weight is 371 g/mol. The number of rotatable bonds is 1. The van der Waals surface area contributed by atoms with Crippen molar-refractivity contribution < 1.29 is 0 Å². The summed E-state index contributed by atoms with van der Waals surface area (Å²) in [7, 11) is 0. The van der Waals surface area contributed by atoms with Crippen molar-refractivity contribution in [3.8, 4) is 11.3 Å². The van der Waals surface area contributed by atoms with Crippen LogP contribution >= 0.6 is 0 Å². The van der Waals surface area contributed by atoms with Gasteiger partial charge in [0.1, 0.15) is 0 Å². The van der Waals surface area contributed by atoms with E-state index in [0.29, 0.717) is 11.8 Å². The van der Waals surface area contributed by atoms with Gasteiger partial charge in [-0.05, 0) is 88.0 Å². The van der Waals surface area contributed by atoms with Crippen molar-refractivity contribution in [2.24, 2.45) is 0 Å². The van der Waals surface area contributed by atoms with Gasteiger partial charge in [0.15, 0.2) is 0 Å². The van der Waals surface area contributed by atoms with Crippen molar-refractivity contribution in [3.63, 3.8) is 0 Å². The number of benzene rings is 4. The van der Waals surface area contributed by atoms with Crippen molar-refractivity contribution in [1.82, 2.24) is 4.98 Å². The van der Waals surface area contributed by atoms with E-state index in [1.165, 1.54) is 57.5 Å². The fraction of sp³-hybridized carbons (Fsp3) is 0.179. The Labute approximate surface area is 170 Å². The molecule has 0 spiro atoms. The molecule has 7 rings (SSSR count). The molecular weight excluding hydrogens is 350 g/mol. The molecule has 0 saturated heterocycles. The second-order valence-corrected chi connectivity index (χ2v) is 8.78. The molecule has 1 aromatic heterocycles. The highest BCUT2D eigenvalue weighted by Crippen LogP contribution is 2.57. The molecule has 0 amide bonds. The molecule has 0 N–H and O–H groups in total. The minimum absolute atomic E-state index is 0.689. The summed E-state index contributed by atoms with van der Waals surface area (Å²) in [4.78, 5) is 5.27. The Kier molecular flexibility index (Phi) is 3.07. The van der Waals surface area contributed by atoms with Crippen LogP contribution in [-0.2, 0) is 0 Å². The molecule has 2 atom stereocenters. The molecule has 2 bridgehead atoms. The Morgan fingerprint density at radius 1 is 0.621 bits per heavy atom. The summed E-state index contributed by atoms with van der Waals surface area (Å²) in [6.07, 6.45) is 3.97. The third-order valence-electron chi connectivity index (χ3n) is 7.18. The van der Waals surface area contributed by atoms with Crippen LogP contribution in [0.25, 0.3) is 43.7 Å². The molecule has 5 aromatic rings. The molecule has 29 heavy (non-hydrogen) atoms. The lowest BCUT2D eigenvalue weighted by molar-refractivity contribution is 0.720. The van der Waals surface area contributed by atoms with E-state index in [1.807, 2.05) is 0 Å². The predicted octanol–water partition coefficient (Wildman–Crippen LogP) is 7.57. The highest BCUT2D eigenvalue weighted by Gasteiger charge is 2.40. The van der Waals surface area contributed by atoms with E-state index in [2.05, 4.69) is 78.9 Å². The van der Waals surface area contributed by atoms with Crippen LogP contribution in [0.15, 0.2) is 78.9 Å². The van der Waals surface area contributed by atoms with Crippen LogP contribution in [0, 0.1) is 0 Å². The first-order chi connectivity index (χ1) is 14.3. The van der Waals surface area contributed by atoms with Gasteiger partial charge in [0, 0.05) is 10.9 Å². The summed E-state index contributed by atoms with van der Waals surface area (Å²) in [6.45, 7) is 0. The van der Waals surface area contributed by atoms with Gasteiger partial charge in [-0.25, -0.2) is 4.98 Å². The molecule has 2 aliphatic carbocycles. The van der Waals surface area contributed by atoms with Crippen LogP contribution in [0.1, 0.15) is 42.2 Å². The average Bonchev–Trinajstić information content (AvgIpc) is 3.39. The summed E-state index contributed by atoms with van der Waals surface area (Å²) in [5.41, 5.74) is 6.77. The Balaban J connectivity index is 1.60. The van der Waals surface area contributed by atoms with Gasteiger partial charge in [0.25, 0.3) is 0 Å². The summed E-state index contributed by atoms with van der Waals surface area (Å²) in [5, 5.41) is 6.60. The van der Waals surface area contributed by atoms with Crippen LogP contribution in [0.2, 0.25) is 0 Å². The Hall–Kier alpha value is -3.19. The van der Waals surface area contributed by atoms with Gasteiger partial charge in [-0.2, -0.15) is 0 Å². The molecule has 2 aliphatic rings. The zero-order chi connectivity index (χ0) is 18.9. The molecule has 1 nitrogen and oxygen atoms in total. The van der Waals surface area contributed by atoms with Crippen LogP contribution < -0.4 is 0 Å². The van der Waals surface area contributed by atoms with E-state index in [-0.39, 0.29) is 0 Å². The third kappa shape index (κ3) is 2.19. The van der Waals surface area contributed by atoms with Crippen molar-refractivity contribution in [2.45, 2.75) is 31.1 Å². The van der Waals surface area contributed by atoms with Gasteiger partial charge in [-0.1, -0.05) is 54.6 Å². The molecule has 1 heterocycles. The first-order valence-electron chi connectivity index (χ1n) is 10.7. The maximum atomic E-state index is 5.27. The second-order valence-electron chi connectivity index (χ2n) is 8.78. The van der Waals surface area contributed by atoms with Gasteiger partial charge in [-0.15, -0.1) is 0 Å². The quantitative estimate of drug-likeness (QED) is 0.277. The number of hydrogen-bond donors (Lipinski definition) is 0. The van der Waals surface area contributed by atoms with Gasteiger partial charge in [0.05, 0.1) is 11.2 Å². The fourth-order valence-corrected chi connectivity index (χ4v) is 5.92. The largest absolute Gasteiger partial charge is 0.247 e. The maximum Gasteiger partial charge on any atom is 0.0747 e. The number of hydrogen-bond acceptors (Lipinski definition) is 1. The smallest absolute Gasteiger partial charge is 0.0747 e. The summed E-state index contributed by atoms with van der Waals surface area (Å²) >= 11 is 0. The summed E-state index contributed by atoms with van der Waals surface area (Å²) in [6, 6.07) is 28.8. The summed E-state index contributed by atoms with van der Waals surface area (Å²) < 4.78 is 0. The van der Waals surface area contributed by atoms with Gasteiger partial charge < -0.3 is 0 Å². The number of fused-ring (bicyclic) bond motifs is 9. The lowest BCUT2D eigenvalue weighted by Gasteiger charge is -2.21. The van der Waals surface area contributed by atoms with Crippen molar-refractivity contribution in [1.29, 1.82) is 0 Å². The molecule has 2 unspecified atom stereocenters. The first-order valence-corrected chi connectivity index (χ1v) is 10.7. The van der Waals surface area contributed by atoms with Crippen LogP contribution in [0.3, 0.4) is 0 Å². The monoisotopic (exact) mass is 371 g/mol. The number of aromatic nitrogens is 1. The topological polar surface area (TPSA) is 12.9 Å². The minimum Gasteiger partial charge on any atom is -0.247 e. The van der Waals surface area contributed by atoms with E-state index in [9.17, 15) is 0 Å². The highest BCUT2D eigenvalue weighted by atomic mass is 14.7. The molecule has 1 heteroatoms. The molecule has 0 aliphatic heterocycles. The molecule has 4 aromatic carbocycles. The Morgan fingerprint density at radius 3 is 2.03 bits per heavy atom. The van der Waals surface area contributed by atoms with Crippen molar-refractivity contribution in [2.75, 3.05) is 0 Å². The number of nitrogens with zero attached hydrogens (tertiary/aromatic N) is 1. The lowest BCUT2D eigenvalue weighted by atomic mass is 9.85. The van der Waals surface area contributed by atoms with Crippen molar-refractivity contribution >= 4 is 32.4 Å². The first kappa shape index (κ1) is 15.7. The zero-order valence-corrected chi connectivity index (χ0v) is 16.2. The zero-order valence-electron chi connectivity index (χ0n) is 16.2. The van der Waals surface area contributed by atoms with Crippen LogP contribution in [0.5, 0.6) is 0 Å². The SMILES string of the molecule is c1ccc(-c2nc3cc4cc5ccccc5cc4cc3c3c2C2CCC3C2)cc1. The predicted molar refractivity (Wildman–Crippen MR) is 122 cm³/mol. The van der Waals surface area contributed by atoms with Gasteiger partial charge >= 0.3 is 0 Å². The van der Waals surface area contributed by atoms with Gasteiger partial charge in [0.2, 0.25) is 0 Å². The van der Waals surface area contributed by atoms with E-state index in [4.69, 9.17) is 4.98 Å². The Bertz CT molecular complexity index is 1430. The normalized spacial score (nSPS) is 20.0. The van der Waals surface area contributed by atoms with E-state index in [0.717, 1.165) is 5.52 Å². The summed E-state index contributed by atoms with van der Waals surface area (Å²) in [5.74, 6) is 1.40. The number of pyridine rings is 1. The molecule has 0 radical (unpaired) electrons. The van der Waals surface area contributed by atoms with E-state index < -0.39 is 0 Å². The maximum absolute atomic E-state index is 5.27. The molecule has 138 valence electrons. The Morgan fingerprint density at radius 2 is 1.28 bits per heavy atom.